The van der Waals surface area contributed by atoms with Crippen LogP contribution < -0.4 is 0 Å². The molecular weight excluding hydrogens is 392 g/mol. The Morgan fingerprint density at radius 1 is 1.03 bits per heavy atom. The van der Waals surface area contributed by atoms with Gasteiger partial charge in [-0.1, -0.05) is 65.9 Å². The molecular formula is C24H26N4O3. The summed E-state index contributed by atoms with van der Waals surface area (Å²) >= 11 is 0. The highest BCUT2D eigenvalue weighted by molar-refractivity contribution is 5.95. The van der Waals surface area contributed by atoms with Crippen molar-refractivity contribution >= 4 is 11.9 Å². The third kappa shape index (κ3) is 4.50. The Hall–Kier alpha value is -3.48. The van der Waals surface area contributed by atoms with Gasteiger partial charge < -0.3 is 9.64 Å². The average molecular weight is 418 g/mol. The zero-order valence-electron chi connectivity index (χ0n) is 17.6. The minimum absolute atomic E-state index is 0.210. The summed E-state index contributed by atoms with van der Waals surface area (Å²) in [5, 5.41) is 8.47. The molecule has 31 heavy (non-hydrogen) atoms. The van der Waals surface area contributed by atoms with Crippen LogP contribution in [0.4, 0.5) is 0 Å². The fraction of sp³-hybridized carbons (Fsp3) is 0.333. The van der Waals surface area contributed by atoms with Crippen LogP contribution in [0.3, 0.4) is 0 Å². The lowest BCUT2D eigenvalue weighted by molar-refractivity contribution is -0.149. The maximum atomic E-state index is 13.2. The Kier molecular flexibility index (Phi) is 6.40. The highest BCUT2D eigenvalue weighted by Gasteiger charge is 2.35. The number of benzene rings is 2. The number of carbonyl (C=O) groups excluding carboxylic acids is 2. The third-order valence-electron chi connectivity index (χ3n) is 5.55. The van der Waals surface area contributed by atoms with Crippen molar-refractivity contribution in [3.8, 4) is 0 Å². The molecule has 0 saturated carbocycles. The molecule has 0 spiro atoms. The standard InChI is InChI=1S/C24H26N4O3/c1-2-31-24(30)21-15-9-10-16-27(21)23(29)20-17-28(26-25-20)22(18-11-5-3-6-12-18)19-13-7-4-8-14-19/h3-8,11-14,17,21-22H,2,9-10,15-16H2,1H3/t21-/m1/s1. The summed E-state index contributed by atoms with van der Waals surface area (Å²) in [6.45, 7) is 2.57. The van der Waals surface area contributed by atoms with Gasteiger partial charge in [0.1, 0.15) is 12.1 Å². The lowest BCUT2D eigenvalue weighted by Gasteiger charge is -2.33. The number of hydrogen-bond acceptors (Lipinski definition) is 5. The van der Waals surface area contributed by atoms with Gasteiger partial charge in [0, 0.05) is 6.54 Å². The molecule has 160 valence electrons. The smallest absolute Gasteiger partial charge is 0.328 e. The number of aromatic nitrogens is 3. The van der Waals surface area contributed by atoms with E-state index in [9.17, 15) is 9.59 Å². The van der Waals surface area contributed by atoms with E-state index in [2.05, 4.69) is 10.3 Å². The first-order valence-electron chi connectivity index (χ1n) is 10.7. The summed E-state index contributed by atoms with van der Waals surface area (Å²) in [6, 6.07) is 19.2. The summed E-state index contributed by atoms with van der Waals surface area (Å²) < 4.78 is 6.89. The normalized spacial score (nSPS) is 16.3. The molecule has 2 heterocycles. The first-order valence-corrected chi connectivity index (χ1v) is 10.7. The highest BCUT2D eigenvalue weighted by atomic mass is 16.5. The van der Waals surface area contributed by atoms with E-state index in [0.717, 1.165) is 24.0 Å². The second-order valence-corrected chi connectivity index (χ2v) is 7.57. The number of likely N-dealkylation sites (tertiary alicyclic amines) is 1. The van der Waals surface area contributed by atoms with Gasteiger partial charge in [0.15, 0.2) is 5.69 Å². The predicted molar refractivity (Wildman–Crippen MR) is 115 cm³/mol. The summed E-state index contributed by atoms with van der Waals surface area (Å²) in [5.74, 6) is -0.640. The minimum atomic E-state index is -0.564. The molecule has 1 atom stereocenters. The van der Waals surface area contributed by atoms with Crippen LogP contribution in [-0.2, 0) is 9.53 Å². The average Bonchev–Trinajstić information content (AvgIpc) is 3.30. The highest BCUT2D eigenvalue weighted by Crippen LogP contribution is 2.26. The molecule has 3 aromatic rings. The molecule has 0 unspecified atom stereocenters. The molecule has 1 saturated heterocycles. The number of nitrogens with zero attached hydrogens (tertiary/aromatic N) is 4. The van der Waals surface area contributed by atoms with Crippen LogP contribution in [-0.4, -0.2) is 51.0 Å². The van der Waals surface area contributed by atoms with Crippen LogP contribution in [0.5, 0.6) is 0 Å². The molecule has 0 bridgehead atoms. The van der Waals surface area contributed by atoms with E-state index in [4.69, 9.17) is 4.74 Å². The number of rotatable bonds is 6. The van der Waals surface area contributed by atoms with Crippen LogP contribution in [0.15, 0.2) is 66.9 Å². The molecule has 0 aliphatic carbocycles. The molecule has 7 nitrogen and oxygen atoms in total. The molecule has 7 heteroatoms. The van der Waals surface area contributed by atoms with Crippen molar-refractivity contribution in [1.82, 2.24) is 19.9 Å². The van der Waals surface area contributed by atoms with Crippen LogP contribution >= 0.6 is 0 Å². The van der Waals surface area contributed by atoms with E-state index in [0.29, 0.717) is 19.6 Å². The van der Waals surface area contributed by atoms with Crippen molar-refractivity contribution in [3.63, 3.8) is 0 Å². The van der Waals surface area contributed by atoms with Gasteiger partial charge in [-0.15, -0.1) is 5.10 Å². The van der Waals surface area contributed by atoms with Crippen molar-refractivity contribution in [2.45, 2.75) is 38.3 Å². The zero-order valence-corrected chi connectivity index (χ0v) is 17.6. The number of piperidine rings is 1. The third-order valence-corrected chi connectivity index (χ3v) is 5.55. The first-order chi connectivity index (χ1) is 15.2. The second-order valence-electron chi connectivity index (χ2n) is 7.57. The minimum Gasteiger partial charge on any atom is -0.464 e. The topological polar surface area (TPSA) is 77.3 Å². The Balaban J connectivity index is 1.64. The van der Waals surface area contributed by atoms with Gasteiger partial charge >= 0.3 is 5.97 Å². The molecule has 1 aliphatic rings. The number of ether oxygens (including phenoxy) is 1. The number of esters is 1. The van der Waals surface area contributed by atoms with Crippen LogP contribution in [0.1, 0.15) is 53.8 Å². The molecule has 1 aromatic heterocycles. The fourth-order valence-electron chi connectivity index (χ4n) is 4.07. The van der Waals surface area contributed by atoms with E-state index >= 15 is 0 Å². The Bertz CT molecular complexity index is 980. The maximum absolute atomic E-state index is 13.2. The summed E-state index contributed by atoms with van der Waals surface area (Å²) in [4.78, 5) is 27.2. The van der Waals surface area contributed by atoms with Crippen molar-refractivity contribution in [1.29, 1.82) is 0 Å². The fourth-order valence-corrected chi connectivity index (χ4v) is 4.07. The van der Waals surface area contributed by atoms with Crippen LogP contribution in [0, 0.1) is 0 Å². The number of hydrogen-bond donors (Lipinski definition) is 0. The Morgan fingerprint density at radius 3 is 2.29 bits per heavy atom. The van der Waals surface area contributed by atoms with Gasteiger partial charge in [-0.05, 0) is 37.3 Å². The molecule has 4 rings (SSSR count). The van der Waals surface area contributed by atoms with Crippen molar-refractivity contribution in [2.24, 2.45) is 0 Å². The molecule has 1 aliphatic heterocycles. The number of amides is 1. The SMILES string of the molecule is CCOC(=O)[C@H]1CCCCN1C(=O)c1cn(C(c2ccccc2)c2ccccc2)nn1. The summed E-state index contributed by atoms with van der Waals surface area (Å²) in [5.41, 5.74) is 2.31. The van der Waals surface area contributed by atoms with Gasteiger partial charge in [0.05, 0.1) is 12.8 Å². The van der Waals surface area contributed by atoms with E-state index in [1.165, 1.54) is 0 Å². The van der Waals surface area contributed by atoms with Gasteiger partial charge in [0.2, 0.25) is 0 Å². The quantitative estimate of drug-likeness (QED) is 0.573. The van der Waals surface area contributed by atoms with Crippen molar-refractivity contribution in [2.75, 3.05) is 13.2 Å². The van der Waals surface area contributed by atoms with E-state index < -0.39 is 6.04 Å². The van der Waals surface area contributed by atoms with Gasteiger partial charge in [-0.2, -0.15) is 0 Å². The van der Waals surface area contributed by atoms with Crippen molar-refractivity contribution in [3.05, 3.63) is 83.7 Å². The monoisotopic (exact) mass is 418 g/mol. The molecule has 2 aromatic carbocycles. The summed E-state index contributed by atoms with van der Waals surface area (Å²) in [6.07, 6.45) is 4.02. The lowest BCUT2D eigenvalue weighted by atomic mass is 9.99. The first kappa shape index (κ1) is 20.8. The van der Waals surface area contributed by atoms with Crippen molar-refractivity contribution < 1.29 is 14.3 Å². The molecule has 0 radical (unpaired) electrons. The summed E-state index contributed by atoms with van der Waals surface area (Å²) in [7, 11) is 0. The second kappa shape index (κ2) is 9.55. The zero-order chi connectivity index (χ0) is 21.6. The predicted octanol–water partition coefficient (Wildman–Crippen LogP) is 3.47. The lowest BCUT2D eigenvalue weighted by Crippen LogP contribution is -2.48. The Labute approximate surface area is 181 Å². The Morgan fingerprint density at radius 2 is 1.68 bits per heavy atom. The van der Waals surface area contributed by atoms with E-state index in [1.807, 2.05) is 60.7 Å². The molecule has 1 fully saturated rings. The van der Waals surface area contributed by atoms with E-state index in [-0.39, 0.29) is 23.6 Å². The molecule has 0 N–H and O–H groups in total. The van der Waals surface area contributed by atoms with Crippen LogP contribution in [0.2, 0.25) is 0 Å². The maximum Gasteiger partial charge on any atom is 0.328 e. The number of carbonyl (C=O) groups is 2. The largest absolute Gasteiger partial charge is 0.464 e. The van der Waals surface area contributed by atoms with Gasteiger partial charge in [0.25, 0.3) is 5.91 Å². The van der Waals surface area contributed by atoms with Gasteiger partial charge in [-0.3, -0.25) is 4.79 Å². The van der Waals surface area contributed by atoms with Crippen LogP contribution in [0.25, 0.3) is 0 Å². The van der Waals surface area contributed by atoms with E-state index in [1.54, 1.807) is 22.7 Å². The van der Waals surface area contributed by atoms with Gasteiger partial charge in [-0.25, -0.2) is 9.48 Å². The molecule has 1 amide bonds.